The second-order valence-corrected chi connectivity index (χ2v) is 6.69. The van der Waals surface area contributed by atoms with Crippen molar-refractivity contribution in [1.29, 1.82) is 0 Å². The Labute approximate surface area is 162 Å². The molecule has 2 rings (SSSR count). The van der Waals surface area contributed by atoms with Crippen molar-refractivity contribution in [3.63, 3.8) is 0 Å². The quantitative estimate of drug-likeness (QED) is 0.581. The fourth-order valence-corrected chi connectivity index (χ4v) is 3.09. The standard InChI is InChI=1S/C22H31N3O2/c1-5-6-13-21(18-10-7-11-19(14-18)25-22(26)23-3)24-16(2)17-9-8-12-20(15-17)27-4/h7-12,14-16,21,24H,5-6,13H2,1-4H3,(H2,23,25,26). The molecule has 0 saturated carbocycles. The highest BCUT2D eigenvalue weighted by molar-refractivity contribution is 5.89. The first kappa shape index (κ1) is 20.8. The summed E-state index contributed by atoms with van der Waals surface area (Å²) in [6, 6.07) is 16.4. The number of rotatable bonds is 9. The van der Waals surface area contributed by atoms with Crippen LogP contribution in [-0.4, -0.2) is 20.2 Å². The maximum absolute atomic E-state index is 11.6. The minimum atomic E-state index is -0.213. The molecule has 2 aromatic carbocycles. The number of urea groups is 1. The van der Waals surface area contributed by atoms with Gasteiger partial charge in [0.15, 0.2) is 0 Å². The van der Waals surface area contributed by atoms with Gasteiger partial charge in [-0.25, -0.2) is 4.79 Å². The third-order valence-corrected chi connectivity index (χ3v) is 4.67. The van der Waals surface area contributed by atoms with E-state index in [0.29, 0.717) is 0 Å². The Bertz CT molecular complexity index is 733. The summed E-state index contributed by atoms with van der Waals surface area (Å²) in [4.78, 5) is 11.6. The van der Waals surface area contributed by atoms with E-state index < -0.39 is 0 Å². The van der Waals surface area contributed by atoms with Crippen LogP contribution < -0.4 is 20.7 Å². The van der Waals surface area contributed by atoms with Crippen LogP contribution in [0.2, 0.25) is 0 Å². The van der Waals surface area contributed by atoms with Gasteiger partial charge in [0.1, 0.15) is 5.75 Å². The van der Waals surface area contributed by atoms with Gasteiger partial charge in [-0.15, -0.1) is 0 Å². The molecule has 0 fully saturated rings. The Kier molecular flexibility index (Phi) is 8.14. The van der Waals surface area contributed by atoms with E-state index in [1.807, 2.05) is 30.3 Å². The highest BCUT2D eigenvalue weighted by Gasteiger charge is 2.16. The van der Waals surface area contributed by atoms with Gasteiger partial charge < -0.3 is 20.7 Å². The number of unbranched alkanes of at least 4 members (excludes halogenated alkanes) is 1. The van der Waals surface area contributed by atoms with Gasteiger partial charge in [-0.3, -0.25) is 0 Å². The SMILES string of the molecule is CCCCC(NC(C)c1cccc(OC)c1)c1cccc(NC(=O)NC)c1. The van der Waals surface area contributed by atoms with E-state index in [9.17, 15) is 4.79 Å². The molecule has 0 saturated heterocycles. The lowest BCUT2D eigenvalue weighted by Gasteiger charge is -2.25. The number of amides is 2. The number of carbonyl (C=O) groups excluding carboxylic acids is 1. The molecule has 0 spiro atoms. The minimum absolute atomic E-state index is 0.178. The van der Waals surface area contributed by atoms with Gasteiger partial charge in [-0.1, -0.05) is 44.0 Å². The molecule has 2 aromatic rings. The van der Waals surface area contributed by atoms with E-state index in [1.165, 1.54) is 11.1 Å². The molecule has 5 heteroatoms. The number of ether oxygens (including phenoxy) is 1. The molecule has 0 aromatic heterocycles. The van der Waals surface area contributed by atoms with E-state index in [2.05, 4.69) is 48.0 Å². The Morgan fingerprint density at radius 1 is 1.11 bits per heavy atom. The molecule has 2 amide bonds. The van der Waals surface area contributed by atoms with Gasteiger partial charge in [0.05, 0.1) is 7.11 Å². The predicted molar refractivity (Wildman–Crippen MR) is 111 cm³/mol. The molecular weight excluding hydrogens is 338 g/mol. The molecule has 0 bridgehead atoms. The number of benzene rings is 2. The average Bonchev–Trinajstić information content (AvgIpc) is 2.71. The van der Waals surface area contributed by atoms with Crippen LogP contribution in [0.3, 0.4) is 0 Å². The van der Waals surface area contributed by atoms with Crippen molar-refractivity contribution in [2.24, 2.45) is 0 Å². The van der Waals surface area contributed by atoms with Crippen LogP contribution in [0, 0.1) is 0 Å². The zero-order valence-corrected chi connectivity index (χ0v) is 16.7. The Balaban J connectivity index is 2.18. The van der Waals surface area contributed by atoms with Crippen molar-refractivity contribution in [3.8, 4) is 5.75 Å². The lowest BCUT2D eigenvalue weighted by molar-refractivity contribution is 0.254. The van der Waals surface area contributed by atoms with Crippen LogP contribution >= 0.6 is 0 Å². The summed E-state index contributed by atoms with van der Waals surface area (Å²) in [5.74, 6) is 0.864. The van der Waals surface area contributed by atoms with E-state index in [4.69, 9.17) is 4.74 Å². The molecule has 3 N–H and O–H groups in total. The van der Waals surface area contributed by atoms with Crippen LogP contribution in [0.5, 0.6) is 5.75 Å². The largest absolute Gasteiger partial charge is 0.497 e. The molecule has 0 aliphatic heterocycles. The molecule has 5 nitrogen and oxygen atoms in total. The fraction of sp³-hybridized carbons (Fsp3) is 0.409. The minimum Gasteiger partial charge on any atom is -0.497 e. The Morgan fingerprint density at radius 3 is 2.56 bits per heavy atom. The van der Waals surface area contributed by atoms with Crippen molar-refractivity contribution in [2.75, 3.05) is 19.5 Å². The summed E-state index contributed by atoms with van der Waals surface area (Å²) < 4.78 is 5.35. The molecule has 0 aliphatic rings. The van der Waals surface area contributed by atoms with E-state index in [0.717, 1.165) is 30.7 Å². The lowest BCUT2D eigenvalue weighted by Crippen LogP contribution is -2.26. The summed E-state index contributed by atoms with van der Waals surface area (Å²) in [5.41, 5.74) is 3.16. The smallest absolute Gasteiger partial charge is 0.318 e. The maximum atomic E-state index is 11.6. The maximum Gasteiger partial charge on any atom is 0.318 e. The zero-order valence-electron chi connectivity index (χ0n) is 16.7. The number of hydrogen-bond donors (Lipinski definition) is 3. The van der Waals surface area contributed by atoms with Crippen LogP contribution in [0.15, 0.2) is 48.5 Å². The highest BCUT2D eigenvalue weighted by atomic mass is 16.5. The van der Waals surface area contributed by atoms with Gasteiger partial charge in [0, 0.05) is 24.8 Å². The first-order valence-electron chi connectivity index (χ1n) is 9.56. The molecule has 27 heavy (non-hydrogen) atoms. The number of anilines is 1. The second-order valence-electron chi connectivity index (χ2n) is 6.69. The molecule has 146 valence electrons. The second kappa shape index (κ2) is 10.6. The normalized spacial score (nSPS) is 12.9. The number of carbonyl (C=O) groups is 1. The summed E-state index contributed by atoms with van der Waals surface area (Å²) in [6.45, 7) is 4.37. The van der Waals surface area contributed by atoms with E-state index in [-0.39, 0.29) is 18.1 Å². The number of hydrogen-bond acceptors (Lipinski definition) is 3. The third kappa shape index (κ3) is 6.29. The monoisotopic (exact) mass is 369 g/mol. The van der Waals surface area contributed by atoms with Crippen LogP contribution in [-0.2, 0) is 0 Å². The number of nitrogens with one attached hydrogen (secondary N) is 3. The van der Waals surface area contributed by atoms with Gasteiger partial charge >= 0.3 is 6.03 Å². The number of methoxy groups -OCH3 is 1. The van der Waals surface area contributed by atoms with Crippen LogP contribution in [0.25, 0.3) is 0 Å². The van der Waals surface area contributed by atoms with Gasteiger partial charge in [-0.2, -0.15) is 0 Å². The van der Waals surface area contributed by atoms with Crippen molar-refractivity contribution >= 4 is 11.7 Å². The van der Waals surface area contributed by atoms with Gasteiger partial charge in [0.25, 0.3) is 0 Å². The molecular formula is C22H31N3O2. The van der Waals surface area contributed by atoms with Crippen LogP contribution in [0.4, 0.5) is 10.5 Å². The summed E-state index contributed by atoms with van der Waals surface area (Å²) in [6.07, 6.45) is 3.31. The summed E-state index contributed by atoms with van der Waals surface area (Å²) in [5, 5.41) is 9.18. The lowest BCUT2D eigenvalue weighted by atomic mass is 9.98. The summed E-state index contributed by atoms with van der Waals surface area (Å²) in [7, 11) is 3.30. The van der Waals surface area contributed by atoms with Crippen molar-refractivity contribution in [2.45, 2.75) is 45.2 Å². The van der Waals surface area contributed by atoms with Crippen molar-refractivity contribution in [3.05, 3.63) is 59.7 Å². The first-order valence-corrected chi connectivity index (χ1v) is 9.56. The topological polar surface area (TPSA) is 62.4 Å². The molecule has 2 unspecified atom stereocenters. The molecule has 2 atom stereocenters. The summed E-state index contributed by atoms with van der Waals surface area (Å²) >= 11 is 0. The highest BCUT2D eigenvalue weighted by Crippen LogP contribution is 2.27. The molecule has 0 aliphatic carbocycles. The fourth-order valence-electron chi connectivity index (χ4n) is 3.09. The van der Waals surface area contributed by atoms with Crippen molar-refractivity contribution in [1.82, 2.24) is 10.6 Å². The van der Waals surface area contributed by atoms with E-state index >= 15 is 0 Å². The molecule has 0 heterocycles. The van der Waals surface area contributed by atoms with Crippen molar-refractivity contribution < 1.29 is 9.53 Å². The van der Waals surface area contributed by atoms with Gasteiger partial charge in [-0.05, 0) is 48.7 Å². The van der Waals surface area contributed by atoms with E-state index in [1.54, 1.807) is 14.2 Å². The predicted octanol–water partition coefficient (Wildman–Crippen LogP) is 5.03. The molecule has 0 radical (unpaired) electrons. The first-order chi connectivity index (χ1) is 13.1. The third-order valence-electron chi connectivity index (χ3n) is 4.67. The van der Waals surface area contributed by atoms with Gasteiger partial charge in [0.2, 0.25) is 0 Å². The van der Waals surface area contributed by atoms with Crippen LogP contribution in [0.1, 0.15) is 56.3 Å². The average molecular weight is 370 g/mol. The zero-order chi connectivity index (χ0) is 19.6. The Morgan fingerprint density at radius 2 is 1.85 bits per heavy atom. The Hall–Kier alpha value is -2.53.